The van der Waals surface area contributed by atoms with Crippen molar-refractivity contribution in [1.82, 2.24) is 9.88 Å². The molecule has 2 aromatic carbocycles. The fourth-order valence-electron chi connectivity index (χ4n) is 3.59. The van der Waals surface area contributed by atoms with E-state index in [4.69, 9.17) is 5.11 Å². The van der Waals surface area contributed by atoms with Crippen molar-refractivity contribution in [3.8, 4) is 11.5 Å². The summed E-state index contributed by atoms with van der Waals surface area (Å²) in [5.74, 6) is -7.37. The standard InChI is InChI=1S/C21H17F5N2O5/c1-9(19(31)27-8-29)15-10(2)28(14-7-13(22)18(30)17(23)16(14)15)20(32)11-3-5-12(6-4-11)33-21(24,25)26/h3-7,9,29-30H,8H2,1-2H3,(H,27,31). The first-order valence-electron chi connectivity index (χ1n) is 9.38. The number of benzene rings is 2. The highest BCUT2D eigenvalue weighted by Crippen LogP contribution is 2.38. The van der Waals surface area contributed by atoms with E-state index in [1.54, 1.807) is 0 Å². The van der Waals surface area contributed by atoms with Crippen molar-refractivity contribution in [2.75, 3.05) is 6.73 Å². The van der Waals surface area contributed by atoms with E-state index in [2.05, 4.69) is 10.1 Å². The van der Waals surface area contributed by atoms with Crippen LogP contribution in [0.25, 0.3) is 10.9 Å². The van der Waals surface area contributed by atoms with E-state index in [0.29, 0.717) is 6.07 Å². The maximum atomic E-state index is 14.9. The highest BCUT2D eigenvalue weighted by Gasteiger charge is 2.32. The summed E-state index contributed by atoms with van der Waals surface area (Å²) in [6.07, 6.45) is -4.93. The molecular formula is C21H17F5N2O5. The molecule has 1 amide bonds. The molecule has 1 atom stereocenters. The Morgan fingerprint density at radius 3 is 2.33 bits per heavy atom. The summed E-state index contributed by atoms with van der Waals surface area (Å²) in [5.41, 5.74) is -0.471. The van der Waals surface area contributed by atoms with Gasteiger partial charge in [-0.25, -0.2) is 8.78 Å². The number of aromatic nitrogens is 1. The number of hydrogen-bond acceptors (Lipinski definition) is 5. The van der Waals surface area contributed by atoms with Gasteiger partial charge in [0.25, 0.3) is 5.91 Å². The Morgan fingerprint density at radius 1 is 1.18 bits per heavy atom. The summed E-state index contributed by atoms with van der Waals surface area (Å²) in [7, 11) is 0. The van der Waals surface area contributed by atoms with Crippen LogP contribution in [-0.4, -0.2) is 39.7 Å². The van der Waals surface area contributed by atoms with Crippen LogP contribution < -0.4 is 10.1 Å². The Balaban J connectivity index is 2.19. The molecule has 33 heavy (non-hydrogen) atoms. The number of fused-ring (bicyclic) bond motifs is 1. The Bertz CT molecular complexity index is 1240. The summed E-state index contributed by atoms with van der Waals surface area (Å²) in [6.45, 7) is 1.99. The van der Waals surface area contributed by atoms with E-state index in [-0.39, 0.29) is 22.3 Å². The lowest BCUT2D eigenvalue weighted by molar-refractivity contribution is -0.274. The molecule has 7 nitrogen and oxygen atoms in total. The Morgan fingerprint density at radius 2 is 1.79 bits per heavy atom. The topological polar surface area (TPSA) is 101 Å². The normalized spacial score (nSPS) is 12.6. The zero-order valence-corrected chi connectivity index (χ0v) is 17.1. The number of carbonyl (C=O) groups excluding carboxylic acids is 2. The van der Waals surface area contributed by atoms with E-state index in [0.717, 1.165) is 28.8 Å². The fourth-order valence-corrected chi connectivity index (χ4v) is 3.59. The van der Waals surface area contributed by atoms with Crippen molar-refractivity contribution in [1.29, 1.82) is 0 Å². The number of halogens is 5. The van der Waals surface area contributed by atoms with E-state index < -0.39 is 59.3 Å². The minimum Gasteiger partial charge on any atom is -0.503 e. The SMILES string of the molecule is Cc1c(C(C)C(=O)NCO)c2c(F)c(O)c(F)cc2n1C(=O)c1ccc(OC(F)(F)F)cc1. The molecule has 0 saturated carbocycles. The smallest absolute Gasteiger partial charge is 0.503 e. The summed E-state index contributed by atoms with van der Waals surface area (Å²) >= 11 is 0. The van der Waals surface area contributed by atoms with Gasteiger partial charge in [-0.05, 0) is 43.7 Å². The van der Waals surface area contributed by atoms with Gasteiger partial charge in [-0.15, -0.1) is 13.2 Å². The van der Waals surface area contributed by atoms with Crippen molar-refractivity contribution in [3.05, 3.63) is 58.8 Å². The molecule has 12 heteroatoms. The molecule has 0 aliphatic carbocycles. The fraction of sp³-hybridized carbons (Fsp3) is 0.238. The van der Waals surface area contributed by atoms with Crippen LogP contribution in [0.4, 0.5) is 22.0 Å². The lowest BCUT2D eigenvalue weighted by Crippen LogP contribution is -2.29. The highest BCUT2D eigenvalue weighted by molar-refractivity contribution is 6.06. The predicted molar refractivity (Wildman–Crippen MR) is 105 cm³/mol. The maximum Gasteiger partial charge on any atom is 0.573 e. The minimum atomic E-state index is -4.93. The summed E-state index contributed by atoms with van der Waals surface area (Å²) in [4.78, 5) is 25.4. The van der Waals surface area contributed by atoms with E-state index >= 15 is 0 Å². The predicted octanol–water partition coefficient (Wildman–Crippen LogP) is 3.69. The van der Waals surface area contributed by atoms with Gasteiger partial charge in [0.05, 0.1) is 11.4 Å². The molecule has 176 valence electrons. The monoisotopic (exact) mass is 472 g/mol. The first kappa shape index (κ1) is 24.0. The summed E-state index contributed by atoms with van der Waals surface area (Å²) in [5, 5.41) is 20.4. The number of nitrogens with zero attached hydrogens (tertiary/aromatic N) is 1. The molecule has 0 aliphatic heterocycles. The van der Waals surface area contributed by atoms with E-state index in [1.165, 1.54) is 13.8 Å². The zero-order chi connectivity index (χ0) is 24.7. The molecule has 1 heterocycles. The molecule has 1 unspecified atom stereocenters. The molecule has 0 aliphatic rings. The van der Waals surface area contributed by atoms with Gasteiger partial charge >= 0.3 is 6.36 Å². The van der Waals surface area contributed by atoms with Crippen LogP contribution in [0.1, 0.15) is 34.5 Å². The van der Waals surface area contributed by atoms with Crippen LogP contribution in [-0.2, 0) is 4.79 Å². The third-order valence-corrected chi connectivity index (χ3v) is 5.03. The number of aliphatic hydroxyl groups excluding tert-OH is 1. The first-order valence-corrected chi connectivity index (χ1v) is 9.38. The molecule has 0 spiro atoms. The molecule has 3 aromatic rings. The molecule has 0 bridgehead atoms. The number of carbonyl (C=O) groups is 2. The van der Waals surface area contributed by atoms with Crippen LogP contribution in [0.3, 0.4) is 0 Å². The van der Waals surface area contributed by atoms with Gasteiger partial charge in [0.15, 0.2) is 17.4 Å². The van der Waals surface area contributed by atoms with E-state index in [1.807, 2.05) is 0 Å². The summed E-state index contributed by atoms with van der Waals surface area (Å²) in [6, 6.07) is 4.56. The number of alkyl halides is 3. The molecule has 0 fully saturated rings. The molecule has 0 saturated heterocycles. The van der Waals surface area contributed by atoms with Crippen LogP contribution in [0.2, 0.25) is 0 Å². The number of nitrogens with one attached hydrogen (secondary N) is 1. The van der Waals surface area contributed by atoms with Gasteiger partial charge in [0.1, 0.15) is 12.5 Å². The zero-order valence-electron chi connectivity index (χ0n) is 17.1. The van der Waals surface area contributed by atoms with Crippen LogP contribution in [0, 0.1) is 18.6 Å². The van der Waals surface area contributed by atoms with Crippen molar-refractivity contribution >= 4 is 22.7 Å². The van der Waals surface area contributed by atoms with Gasteiger partial charge in [-0.2, -0.15) is 0 Å². The van der Waals surface area contributed by atoms with Crippen LogP contribution >= 0.6 is 0 Å². The average molecular weight is 472 g/mol. The highest BCUT2D eigenvalue weighted by atomic mass is 19.4. The van der Waals surface area contributed by atoms with Crippen molar-refractivity contribution in [2.24, 2.45) is 0 Å². The lowest BCUT2D eigenvalue weighted by Gasteiger charge is -2.13. The molecule has 1 aromatic heterocycles. The quantitative estimate of drug-likeness (QED) is 0.389. The number of rotatable bonds is 5. The Labute approximate surface area is 183 Å². The third-order valence-electron chi connectivity index (χ3n) is 5.03. The minimum absolute atomic E-state index is 0.0232. The number of amides is 1. The van der Waals surface area contributed by atoms with Crippen molar-refractivity contribution in [2.45, 2.75) is 26.1 Å². The van der Waals surface area contributed by atoms with Gasteiger partial charge in [0, 0.05) is 22.7 Å². The second-order valence-corrected chi connectivity index (χ2v) is 7.05. The van der Waals surface area contributed by atoms with E-state index in [9.17, 15) is 36.6 Å². The number of aromatic hydroxyl groups is 1. The molecule has 3 N–H and O–H groups in total. The number of hydrogen-bond donors (Lipinski definition) is 3. The van der Waals surface area contributed by atoms with Gasteiger partial charge in [0.2, 0.25) is 5.91 Å². The van der Waals surface area contributed by atoms with Crippen molar-refractivity contribution in [3.63, 3.8) is 0 Å². The number of aliphatic hydroxyl groups is 1. The van der Waals surface area contributed by atoms with Gasteiger partial charge < -0.3 is 20.3 Å². The van der Waals surface area contributed by atoms with Crippen LogP contribution in [0.15, 0.2) is 30.3 Å². The molecule has 0 radical (unpaired) electrons. The van der Waals surface area contributed by atoms with Crippen LogP contribution in [0.5, 0.6) is 11.5 Å². The molecule has 3 rings (SSSR count). The number of ether oxygens (including phenoxy) is 1. The Hall–Kier alpha value is -3.67. The summed E-state index contributed by atoms with van der Waals surface area (Å²) < 4.78 is 70.8. The Kier molecular flexibility index (Phi) is 6.32. The largest absolute Gasteiger partial charge is 0.573 e. The number of phenols is 1. The maximum absolute atomic E-state index is 14.9. The molecular weight excluding hydrogens is 455 g/mol. The third kappa shape index (κ3) is 4.46. The van der Waals surface area contributed by atoms with Gasteiger partial charge in [-0.3, -0.25) is 14.2 Å². The van der Waals surface area contributed by atoms with Gasteiger partial charge in [-0.1, -0.05) is 0 Å². The first-order chi connectivity index (χ1) is 15.4. The lowest BCUT2D eigenvalue weighted by atomic mass is 9.96. The number of phenolic OH excluding ortho intramolecular Hbond substituents is 1. The second-order valence-electron chi connectivity index (χ2n) is 7.05. The van der Waals surface area contributed by atoms with Crippen molar-refractivity contribution < 1.29 is 46.5 Å². The second kappa shape index (κ2) is 8.70. The average Bonchev–Trinajstić information content (AvgIpc) is 3.02.